The van der Waals surface area contributed by atoms with E-state index in [2.05, 4.69) is 4.98 Å². The molecular weight excluding hydrogens is 400 g/mol. The van der Waals surface area contributed by atoms with Gasteiger partial charge < -0.3 is 9.88 Å². The number of para-hydroxylation sites is 1. The van der Waals surface area contributed by atoms with Crippen LogP contribution < -0.4 is 5.56 Å². The summed E-state index contributed by atoms with van der Waals surface area (Å²) in [6.45, 7) is 0.290. The number of carbonyl (C=O) groups excluding carboxylic acids is 1. The molecule has 0 bridgehead atoms. The van der Waals surface area contributed by atoms with Crippen molar-refractivity contribution in [1.29, 1.82) is 0 Å². The third-order valence-electron chi connectivity index (χ3n) is 4.73. The highest BCUT2D eigenvalue weighted by molar-refractivity contribution is 6.30. The molecular formula is C23H19ClN4O2. The van der Waals surface area contributed by atoms with E-state index in [-0.39, 0.29) is 18.0 Å². The van der Waals surface area contributed by atoms with Gasteiger partial charge >= 0.3 is 0 Å². The molecule has 30 heavy (non-hydrogen) atoms. The molecule has 2 heterocycles. The summed E-state index contributed by atoms with van der Waals surface area (Å²) in [5.74, 6) is -0.355. The van der Waals surface area contributed by atoms with Crippen LogP contribution in [0, 0.1) is 0 Å². The van der Waals surface area contributed by atoms with Gasteiger partial charge in [0.2, 0.25) is 0 Å². The summed E-state index contributed by atoms with van der Waals surface area (Å²) in [4.78, 5) is 28.8. The van der Waals surface area contributed by atoms with Crippen LogP contribution in [0.2, 0.25) is 5.02 Å². The molecule has 0 aliphatic heterocycles. The maximum atomic E-state index is 12.8. The highest BCUT2D eigenvalue weighted by Crippen LogP contribution is 2.26. The summed E-state index contributed by atoms with van der Waals surface area (Å²) >= 11 is 6.04. The third kappa shape index (κ3) is 4.04. The first-order valence-corrected chi connectivity index (χ1v) is 9.74. The number of nitrogens with zero attached hydrogens (tertiary/aromatic N) is 3. The Kier molecular flexibility index (Phi) is 5.50. The Balaban J connectivity index is 1.71. The van der Waals surface area contributed by atoms with Gasteiger partial charge in [0, 0.05) is 42.1 Å². The molecule has 0 saturated carbocycles. The van der Waals surface area contributed by atoms with Crippen LogP contribution in [0.25, 0.3) is 16.9 Å². The molecule has 7 heteroatoms. The molecule has 2 aromatic heterocycles. The maximum absolute atomic E-state index is 12.8. The first-order chi connectivity index (χ1) is 14.5. The van der Waals surface area contributed by atoms with E-state index < -0.39 is 5.56 Å². The Hall–Kier alpha value is -3.64. The van der Waals surface area contributed by atoms with E-state index in [0.29, 0.717) is 5.02 Å². The van der Waals surface area contributed by atoms with E-state index in [1.807, 2.05) is 48.7 Å². The van der Waals surface area contributed by atoms with E-state index in [0.717, 1.165) is 22.5 Å². The fourth-order valence-electron chi connectivity index (χ4n) is 3.21. The van der Waals surface area contributed by atoms with Gasteiger partial charge in [0.1, 0.15) is 5.56 Å². The second-order valence-electron chi connectivity index (χ2n) is 6.86. The highest BCUT2D eigenvalue weighted by Gasteiger charge is 2.19. The van der Waals surface area contributed by atoms with Gasteiger partial charge in [0.15, 0.2) is 0 Å². The monoisotopic (exact) mass is 418 g/mol. The topological polar surface area (TPSA) is 71.0 Å². The number of benzene rings is 2. The molecule has 0 aliphatic rings. The molecule has 4 rings (SSSR count). The number of hydrogen-bond donors (Lipinski definition) is 1. The van der Waals surface area contributed by atoms with Crippen molar-refractivity contribution < 1.29 is 4.79 Å². The van der Waals surface area contributed by atoms with Gasteiger partial charge in [-0.1, -0.05) is 41.9 Å². The molecule has 0 radical (unpaired) electrons. The molecule has 2 aromatic carbocycles. The quantitative estimate of drug-likeness (QED) is 0.529. The number of rotatable bonds is 5. The number of pyridine rings is 1. The van der Waals surface area contributed by atoms with Crippen molar-refractivity contribution >= 4 is 17.5 Å². The summed E-state index contributed by atoms with van der Waals surface area (Å²) in [5.41, 5.74) is 3.09. The maximum Gasteiger partial charge on any atom is 0.260 e. The minimum absolute atomic E-state index is 0.100. The predicted octanol–water partition coefficient (Wildman–Crippen LogP) is 4.15. The van der Waals surface area contributed by atoms with Crippen molar-refractivity contribution in [2.45, 2.75) is 6.54 Å². The number of nitrogens with one attached hydrogen (secondary N) is 1. The summed E-state index contributed by atoms with van der Waals surface area (Å²) in [6, 6.07) is 20.3. The molecule has 0 atom stereocenters. The smallest absolute Gasteiger partial charge is 0.260 e. The van der Waals surface area contributed by atoms with Gasteiger partial charge in [-0.2, -0.15) is 5.10 Å². The van der Waals surface area contributed by atoms with Gasteiger partial charge in [-0.3, -0.25) is 9.59 Å². The second kappa shape index (κ2) is 8.39. The second-order valence-corrected chi connectivity index (χ2v) is 7.30. The fourth-order valence-corrected chi connectivity index (χ4v) is 3.34. The minimum Gasteiger partial charge on any atom is -0.337 e. The van der Waals surface area contributed by atoms with E-state index in [4.69, 9.17) is 16.7 Å². The SMILES string of the molecule is CN(Cc1cn(-c2ccccc2)nc1-c1ccc(Cl)cc1)C(=O)c1ccc[nH]c1=O. The van der Waals surface area contributed by atoms with Crippen LogP contribution in [0.1, 0.15) is 15.9 Å². The lowest BCUT2D eigenvalue weighted by Gasteiger charge is -2.16. The number of hydrogen-bond acceptors (Lipinski definition) is 3. The zero-order valence-electron chi connectivity index (χ0n) is 16.2. The average Bonchev–Trinajstić information content (AvgIpc) is 3.18. The molecule has 0 saturated heterocycles. The number of aromatic amines is 1. The predicted molar refractivity (Wildman–Crippen MR) is 117 cm³/mol. The number of carbonyl (C=O) groups is 1. The van der Waals surface area contributed by atoms with Gasteiger partial charge in [0.25, 0.3) is 11.5 Å². The molecule has 150 valence electrons. The Morgan fingerprint density at radius 2 is 1.80 bits per heavy atom. The van der Waals surface area contributed by atoms with Gasteiger partial charge in [0.05, 0.1) is 11.4 Å². The lowest BCUT2D eigenvalue weighted by molar-refractivity contribution is 0.0783. The van der Waals surface area contributed by atoms with Crippen molar-refractivity contribution in [3.05, 3.63) is 106 Å². The van der Waals surface area contributed by atoms with Crippen LogP contribution in [0.4, 0.5) is 0 Å². The largest absolute Gasteiger partial charge is 0.337 e. The number of amides is 1. The minimum atomic E-state index is -0.410. The lowest BCUT2D eigenvalue weighted by atomic mass is 10.1. The van der Waals surface area contributed by atoms with Crippen molar-refractivity contribution in [3.8, 4) is 16.9 Å². The average molecular weight is 419 g/mol. The van der Waals surface area contributed by atoms with Crippen molar-refractivity contribution in [2.75, 3.05) is 7.05 Å². The molecule has 6 nitrogen and oxygen atoms in total. The van der Waals surface area contributed by atoms with Crippen LogP contribution in [-0.4, -0.2) is 32.6 Å². The summed E-state index contributed by atoms with van der Waals surface area (Å²) in [5, 5.41) is 5.39. The van der Waals surface area contributed by atoms with Crippen molar-refractivity contribution in [1.82, 2.24) is 19.7 Å². The molecule has 0 aliphatic carbocycles. The van der Waals surface area contributed by atoms with Gasteiger partial charge in [-0.25, -0.2) is 4.68 Å². The standard InChI is InChI=1S/C23H19ClN4O2/c1-27(23(30)20-8-5-13-25-22(20)29)14-17-15-28(19-6-3-2-4-7-19)26-21(17)16-9-11-18(24)12-10-16/h2-13,15H,14H2,1H3,(H,25,29). The lowest BCUT2D eigenvalue weighted by Crippen LogP contribution is -2.31. The Morgan fingerprint density at radius 1 is 1.07 bits per heavy atom. The molecule has 0 unspecified atom stereocenters. The molecule has 4 aromatic rings. The first-order valence-electron chi connectivity index (χ1n) is 9.36. The summed E-state index contributed by atoms with van der Waals surface area (Å²) < 4.78 is 1.78. The Bertz CT molecular complexity index is 1230. The molecule has 0 spiro atoms. The highest BCUT2D eigenvalue weighted by atomic mass is 35.5. The van der Waals surface area contributed by atoms with Crippen LogP contribution in [-0.2, 0) is 6.54 Å². The molecule has 1 N–H and O–H groups in total. The van der Waals surface area contributed by atoms with Crippen LogP contribution in [0.5, 0.6) is 0 Å². The first kappa shape index (κ1) is 19.7. The van der Waals surface area contributed by atoms with Crippen molar-refractivity contribution in [2.24, 2.45) is 0 Å². The third-order valence-corrected chi connectivity index (χ3v) is 4.98. The zero-order valence-corrected chi connectivity index (χ0v) is 17.0. The fraction of sp³-hybridized carbons (Fsp3) is 0.0870. The van der Waals surface area contributed by atoms with E-state index >= 15 is 0 Å². The zero-order chi connectivity index (χ0) is 21.1. The number of halogens is 1. The molecule has 0 fully saturated rings. The van der Waals surface area contributed by atoms with Crippen LogP contribution >= 0.6 is 11.6 Å². The van der Waals surface area contributed by atoms with Gasteiger partial charge in [-0.15, -0.1) is 0 Å². The molecule has 1 amide bonds. The summed E-state index contributed by atoms with van der Waals surface area (Å²) in [7, 11) is 1.67. The number of aromatic nitrogens is 3. The summed E-state index contributed by atoms with van der Waals surface area (Å²) in [6.07, 6.45) is 3.40. The number of H-pyrrole nitrogens is 1. The normalized spacial score (nSPS) is 10.7. The Morgan fingerprint density at radius 3 is 2.50 bits per heavy atom. The van der Waals surface area contributed by atoms with E-state index in [1.54, 1.807) is 29.9 Å². The Labute approximate surface area is 178 Å². The van der Waals surface area contributed by atoms with Crippen LogP contribution in [0.3, 0.4) is 0 Å². The van der Waals surface area contributed by atoms with Crippen LogP contribution in [0.15, 0.2) is 83.9 Å². The van der Waals surface area contributed by atoms with E-state index in [1.165, 1.54) is 17.2 Å². The van der Waals surface area contributed by atoms with Gasteiger partial charge in [-0.05, 0) is 36.4 Å². The van der Waals surface area contributed by atoms with Crippen molar-refractivity contribution in [3.63, 3.8) is 0 Å². The van der Waals surface area contributed by atoms with E-state index in [9.17, 15) is 9.59 Å².